The van der Waals surface area contributed by atoms with E-state index < -0.39 is 0 Å². The number of likely N-dealkylation sites (tertiary alicyclic amines) is 1. The van der Waals surface area contributed by atoms with Crippen LogP contribution >= 0.6 is 15.9 Å². The molecule has 1 aliphatic heterocycles. The number of carbonyl (C=O) groups is 1. The minimum Gasteiger partial charge on any atom is -0.355 e. The standard InChI is InChI=1S/C15H21BrFN3O/c16-13-4-3-11(8-14(13)17)9-20-7-1-2-12(10-20)15(21)19-6-5-18/h3-4,8,12H,1-2,5-7,9-10,18H2,(H,19,21). The number of nitrogens with zero attached hydrogens (tertiary/aromatic N) is 1. The van der Waals surface area contributed by atoms with E-state index >= 15 is 0 Å². The summed E-state index contributed by atoms with van der Waals surface area (Å²) in [5, 5.41) is 2.85. The lowest BCUT2D eigenvalue weighted by molar-refractivity contribution is -0.126. The number of hydrogen-bond acceptors (Lipinski definition) is 3. The fourth-order valence-electron chi connectivity index (χ4n) is 2.65. The van der Waals surface area contributed by atoms with Crippen LogP contribution in [0.4, 0.5) is 4.39 Å². The summed E-state index contributed by atoms with van der Waals surface area (Å²) in [7, 11) is 0. The number of rotatable bonds is 5. The molecule has 1 aliphatic rings. The molecule has 1 saturated heterocycles. The molecule has 1 unspecified atom stereocenters. The lowest BCUT2D eigenvalue weighted by Gasteiger charge is -2.32. The maximum atomic E-state index is 13.5. The van der Waals surface area contributed by atoms with E-state index in [9.17, 15) is 9.18 Å². The van der Waals surface area contributed by atoms with Crippen molar-refractivity contribution in [1.82, 2.24) is 10.2 Å². The summed E-state index contributed by atoms with van der Waals surface area (Å²) in [6.45, 7) is 3.31. The fraction of sp³-hybridized carbons (Fsp3) is 0.533. The predicted molar refractivity (Wildman–Crippen MR) is 84.2 cm³/mol. The second-order valence-corrected chi connectivity index (χ2v) is 6.26. The molecule has 0 aromatic heterocycles. The van der Waals surface area contributed by atoms with Gasteiger partial charge in [-0.05, 0) is 53.0 Å². The summed E-state index contributed by atoms with van der Waals surface area (Å²) in [6.07, 6.45) is 1.89. The topological polar surface area (TPSA) is 58.4 Å². The summed E-state index contributed by atoms with van der Waals surface area (Å²) in [5.74, 6) is -0.167. The summed E-state index contributed by atoms with van der Waals surface area (Å²) in [4.78, 5) is 14.2. The monoisotopic (exact) mass is 357 g/mol. The number of nitrogens with two attached hydrogens (primary N) is 1. The van der Waals surface area contributed by atoms with Crippen molar-refractivity contribution in [2.45, 2.75) is 19.4 Å². The molecule has 4 nitrogen and oxygen atoms in total. The number of benzene rings is 1. The summed E-state index contributed by atoms with van der Waals surface area (Å²) >= 11 is 3.16. The van der Waals surface area contributed by atoms with Crippen molar-refractivity contribution >= 4 is 21.8 Å². The number of piperidine rings is 1. The number of amides is 1. The van der Waals surface area contributed by atoms with Crippen molar-refractivity contribution in [1.29, 1.82) is 0 Å². The van der Waals surface area contributed by atoms with Crippen LogP contribution in [0.3, 0.4) is 0 Å². The molecule has 0 radical (unpaired) electrons. The average Bonchev–Trinajstić information content (AvgIpc) is 2.49. The van der Waals surface area contributed by atoms with Crippen LogP contribution in [-0.4, -0.2) is 37.0 Å². The molecule has 1 fully saturated rings. The number of carbonyl (C=O) groups excluding carboxylic acids is 1. The van der Waals surface area contributed by atoms with Gasteiger partial charge in [0, 0.05) is 26.2 Å². The van der Waals surface area contributed by atoms with E-state index in [2.05, 4.69) is 26.1 Å². The first-order valence-electron chi connectivity index (χ1n) is 7.24. The maximum Gasteiger partial charge on any atom is 0.224 e. The zero-order chi connectivity index (χ0) is 15.2. The van der Waals surface area contributed by atoms with Crippen molar-refractivity contribution in [3.63, 3.8) is 0 Å². The van der Waals surface area contributed by atoms with Crippen LogP contribution in [0, 0.1) is 11.7 Å². The van der Waals surface area contributed by atoms with Crippen LogP contribution in [0.5, 0.6) is 0 Å². The van der Waals surface area contributed by atoms with Gasteiger partial charge in [-0.25, -0.2) is 4.39 Å². The highest BCUT2D eigenvalue weighted by Crippen LogP contribution is 2.21. The molecule has 1 heterocycles. The molecular formula is C15H21BrFN3O. The van der Waals surface area contributed by atoms with E-state index in [1.54, 1.807) is 12.1 Å². The minimum atomic E-state index is -0.248. The highest BCUT2D eigenvalue weighted by atomic mass is 79.9. The molecule has 2 rings (SSSR count). The van der Waals surface area contributed by atoms with Crippen molar-refractivity contribution in [2.75, 3.05) is 26.2 Å². The smallest absolute Gasteiger partial charge is 0.224 e. The third-order valence-electron chi connectivity index (χ3n) is 3.71. The molecule has 1 aromatic rings. The van der Waals surface area contributed by atoms with Crippen LogP contribution in [-0.2, 0) is 11.3 Å². The highest BCUT2D eigenvalue weighted by Gasteiger charge is 2.25. The van der Waals surface area contributed by atoms with E-state index in [-0.39, 0.29) is 17.6 Å². The van der Waals surface area contributed by atoms with Gasteiger partial charge >= 0.3 is 0 Å². The zero-order valence-corrected chi connectivity index (χ0v) is 13.5. The summed E-state index contributed by atoms with van der Waals surface area (Å²) in [5.41, 5.74) is 6.33. The van der Waals surface area contributed by atoms with E-state index in [1.807, 2.05) is 6.07 Å². The van der Waals surface area contributed by atoms with Gasteiger partial charge in [0.05, 0.1) is 10.4 Å². The lowest BCUT2D eigenvalue weighted by Crippen LogP contribution is -2.43. The van der Waals surface area contributed by atoms with Gasteiger partial charge in [-0.15, -0.1) is 0 Å². The molecule has 0 bridgehead atoms. The summed E-state index contributed by atoms with van der Waals surface area (Å²) in [6, 6.07) is 5.17. The second kappa shape index (κ2) is 7.87. The molecule has 6 heteroatoms. The van der Waals surface area contributed by atoms with Crippen molar-refractivity contribution < 1.29 is 9.18 Å². The number of nitrogens with one attached hydrogen (secondary N) is 1. The van der Waals surface area contributed by atoms with Crippen LogP contribution in [0.1, 0.15) is 18.4 Å². The molecule has 0 spiro atoms. The quantitative estimate of drug-likeness (QED) is 0.845. The Bertz CT molecular complexity index is 498. The van der Waals surface area contributed by atoms with Gasteiger partial charge in [-0.1, -0.05) is 6.07 Å². The van der Waals surface area contributed by atoms with Gasteiger partial charge in [-0.3, -0.25) is 9.69 Å². The van der Waals surface area contributed by atoms with Gasteiger partial charge < -0.3 is 11.1 Å². The minimum absolute atomic E-state index is 0.00518. The molecule has 116 valence electrons. The SMILES string of the molecule is NCCNC(=O)C1CCCN(Cc2ccc(Br)c(F)c2)C1. The molecule has 0 aliphatic carbocycles. The average molecular weight is 358 g/mol. The van der Waals surface area contributed by atoms with E-state index in [0.717, 1.165) is 24.9 Å². The second-order valence-electron chi connectivity index (χ2n) is 5.40. The molecule has 1 aromatic carbocycles. The van der Waals surface area contributed by atoms with E-state index in [0.29, 0.717) is 30.7 Å². The Morgan fingerprint density at radius 3 is 3.05 bits per heavy atom. The fourth-order valence-corrected chi connectivity index (χ4v) is 2.90. The predicted octanol–water partition coefficient (Wildman–Crippen LogP) is 1.88. The first kappa shape index (κ1) is 16.4. The Morgan fingerprint density at radius 1 is 1.52 bits per heavy atom. The van der Waals surface area contributed by atoms with Crippen LogP contribution in [0.25, 0.3) is 0 Å². The first-order valence-corrected chi connectivity index (χ1v) is 8.03. The molecule has 21 heavy (non-hydrogen) atoms. The van der Waals surface area contributed by atoms with Crippen LogP contribution < -0.4 is 11.1 Å². The third-order valence-corrected chi connectivity index (χ3v) is 4.35. The Labute approximate surface area is 133 Å². The molecule has 3 N–H and O–H groups in total. The lowest BCUT2D eigenvalue weighted by atomic mass is 9.96. The van der Waals surface area contributed by atoms with Gasteiger partial charge in [-0.2, -0.15) is 0 Å². The molecule has 1 amide bonds. The van der Waals surface area contributed by atoms with Crippen molar-refractivity contribution in [3.05, 3.63) is 34.1 Å². The normalized spacial score (nSPS) is 19.5. The van der Waals surface area contributed by atoms with Crippen molar-refractivity contribution in [3.8, 4) is 0 Å². The Kier molecular flexibility index (Phi) is 6.14. The third kappa shape index (κ3) is 4.76. The first-order chi connectivity index (χ1) is 10.1. The largest absolute Gasteiger partial charge is 0.355 e. The molecule has 1 atom stereocenters. The number of halogens is 2. The van der Waals surface area contributed by atoms with Gasteiger partial charge in [0.15, 0.2) is 0 Å². The Balaban J connectivity index is 1.91. The van der Waals surface area contributed by atoms with Crippen LogP contribution in [0.15, 0.2) is 22.7 Å². The van der Waals surface area contributed by atoms with Gasteiger partial charge in [0.25, 0.3) is 0 Å². The van der Waals surface area contributed by atoms with Crippen LogP contribution in [0.2, 0.25) is 0 Å². The summed E-state index contributed by atoms with van der Waals surface area (Å²) < 4.78 is 14.0. The van der Waals surface area contributed by atoms with E-state index in [1.165, 1.54) is 0 Å². The molecule has 0 saturated carbocycles. The molecular weight excluding hydrogens is 337 g/mol. The Morgan fingerprint density at radius 2 is 2.33 bits per heavy atom. The van der Waals surface area contributed by atoms with Crippen molar-refractivity contribution in [2.24, 2.45) is 11.7 Å². The number of hydrogen-bond donors (Lipinski definition) is 2. The van der Waals surface area contributed by atoms with Gasteiger partial charge in [0.2, 0.25) is 5.91 Å². The Hall–Kier alpha value is -0.980. The van der Waals surface area contributed by atoms with E-state index in [4.69, 9.17) is 5.73 Å². The maximum absolute atomic E-state index is 13.5. The van der Waals surface area contributed by atoms with Gasteiger partial charge in [0.1, 0.15) is 5.82 Å². The highest BCUT2D eigenvalue weighted by molar-refractivity contribution is 9.10. The zero-order valence-electron chi connectivity index (χ0n) is 11.9.